The molecule has 6 amide bonds. The van der Waals surface area contributed by atoms with Gasteiger partial charge in [0.15, 0.2) is 0 Å². The fourth-order valence-corrected chi connectivity index (χ4v) is 7.20. The summed E-state index contributed by atoms with van der Waals surface area (Å²) in [5.41, 5.74) is 0.536. The summed E-state index contributed by atoms with van der Waals surface area (Å²) in [7, 11) is 1.64. The van der Waals surface area contributed by atoms with E-state index in [0.29, 0.717) is 22.2 Å². The van der Waals surface area contributed by atoms with Gasteiger partial charge >= 0.3 is 75.2 Å². The molecule has 0 bridgehead atoms. The van der Waals surface area contributed by atoms with Gasteiger partial charge in [0.2, 0.25) is 11.1 Å². The molecule has 20 heteroatoms. The van der Waals surface area contributed by atoms with Gasteiger partial charge in [-0.15, -0.1) is 16.9 Å². The molecule has 5 rings (SSSR count). The first-order valence-corrected chi connectivity index (χ1v) is 15.3. The summed E-state index contributed by atoms with van der Waals surface area (Å²) in [6, 6.07) is 1.84. The Bertz CT molecular complexity index is 1570. The molecule has 2 aromatic rings. The van der Waals surface area contributed by atoms with E-state index in [4.69, 9.17) is 0 Å². The second kappa shape index (κ2) is 14.6. The van der Waals surface area contributed by atoms with Crippen molar-refractivity contribution in [3.05, 3.63) is 41.1 Å². The molecule has 2 saturated heterocycles. The molecule has 0 saturated carbocycles. The van der Waals surface area contributed by atoms with Crippen LogP contribution in [-0.2, 0) is 31.0 Å². The minimum absolute atomic E-state index is 0. The van der Waals surface area contributed by atoms with Gasteiger partial charge in [-0.05, 0) is 40.6 Å². The number of hydrogen-bond donors (Lipinski definition) is 4. The van der Waals surface area contributed by atoms with Crippen molar-refractivity contribution in [2.24, 2.45) is 7.05 Å². The van der Waals surface area contributed by atoms with Crippen molar-refractivity contribution in [1.29, 1.82) is 0 Å². The van der Waals surface area contributed by atoms with E-state index in [1.807, 2.05) is 0 Å². The number of thioether (sulfide) groups is 2. The van der Waals surface area contributed by atoms with Crippen LogP contribution in [0.15, 0.2) is 40.7 Å². The summed E-state index contributed by atoms with van der Waals surface area (Å²) >= 11 is 2.49. The van der Waals surface area contributed by atoms with E-state index in [2.05, 4.69) is 26.2 Å². The van der Waals surface area contributed by atoms with Crippen LogP contribution in [0.3, 0.4) is 0 Å². The Morgan fingerprint density at radius 1 is 1.13 bits per heavy atom. The molecule has 4 N–H and O–H groups in total. The predicted molar refractivity (Wildman–Crippen MR) is 160 cm³/mol. The monoisotopic (exact) mass is 685 g/mol. The molecule has 1 aromatic carbocycles. The number of carboxylic acid groups (broad SMARTS) is 1. The van der Waals surface area contributed by atoms with Crippen LogP contribution in [0, 0.1) is 0 Å². The molecule has 1 unspecified atom stereocenters. The van der Waals surface area contributed by atoms with Crippen molar-refractivity contribution in [1.82, 2.24) is 45.5 Å². The number of fused-ring (bicyclic) bond motifs is 1. The zero-order valence-corrected chi connectivity index (χ0v) is 25.0. The number of likely N-dealkylation sites (N-methyl/N-ethyl adjacent to an activating group) is 1. The summed E-state index contributed by atoms with van der Waals surface area (Å²) < 4.78 is 1.44. The molecule has 17 nitrogen and oxygen atoms in total. The average Bonchev–Trinajstić information content (AvgIpc) is 3.42. The number of phenolic OH excluding ortho intramolecular Hbond substituents is 1. The number of imide groups is 1. The second-order valence-electron chi connectivity index (χ2n) is 9.84. The Morgan fingerprint density at radius 2 is 1.84 bits per heavy atom. The topological polar surface area (TPSA) is 220 Å². The maximum atomic E-state index is 13.6. The molecule has 2 fully saturated rings. The van der Waals surface area contributed by atoms with E-state index >= 15 is 0 Å². The third-order valence-corrected chi connectivity index (χ3v) is 9.63. The number of aliphatic carboxylic acids is 1. The number of carbonyl (C=O) groups excluding carboxylic acids is 5. The van der Waals surface area contributed by atoms with Crippen molar-refractivity contribution >= 4 is 111 Å². The van der Waals surface area contributed by atoms with Gasteiger partial charge in [-0.3, -0.25) is 29.0 Å². The summed E-state index contributed by atoms with van der Waals surface area (Å²) in [4.78, 5) is 80.1. The van der Waals surface area contributed by atoms with E-state index in [1.165, 1.54) is 57.4 Å². The Hall–Kier alpha value is -3.01. The summed E-state index contributed by atoms with van der Waals surface area (Å²) in [5.74, 6) is -4.26. The van der Waals surface area contributed by atoms with Crippen molar-refractivity contribution in [2.45, 2.75) is 29.5 Å². The Morgan fingerprint density at radius 3 is 2.47 bits per heavy atom. The molecule has 4 heterocycles. The first-order chi connectivity index (χ1) is 21.0. The van der Waals surface area contributed by atoms with Crippen LogP contribution in [0.1, 0.15) is 18.5 Å². The molecule has 3 atom stereocenters. The number of amides is 6. The Kier molecular flexibility index (Phi) is 11.3. The number of aromatic hydroxyl groups is 1. The van der Waals surface area contributed by atoms with E-state index in [1.54, 1.807) is 14.0 Å². The average molecular weight is 686 g/mol. The molecule has 3 aliphatic heterocycles. The third-order valence-electron chi connectivity index (χ3n) is 7.20. The van der Waals surface area contributed by atoms with Crippen molar-refractivity contribution in [3.8, 4) is 5.75 Å². The van der Waals surface area contributed by atoms with Gasteiger partial charge in [0.1, 0.15) is 28.9 Å². The first kappa shape index (κ1) is 34.9. The number of benzene rings is 1. The van der Waals surface area contributed by atoms with Crippen LogP contribution < -0.4 is 10.6 Å². The van der Waals surface area contributed by atoms with Gasteiger partial charge in [-0.2, -0.15) is 0 Å². The van der Waals surface area contributed by atoms with Crippen LogP contribution in [-0.4, -0.2) is 175 Å². The number of piperazine rings is 1. The molecule has 0 radical (unpaired) electrons. The van der Waals surface area contributed by atoms with Gasteiger partial charge in [-0.25, -0.2) is 14.3 Å². The SMILES string of the molecule is CCN1CCN(C(=O)NC(C(=O)N[C@@H]2C(=O)N3C(C(=O)O)=C(CSc4nnnn4C)CS[C@H]23)c2ccc(O)cc2)C(=O)C1=O.[KH]. The van der Waals surface area contributed by atoms with Crippen molar-refractivity contribution in [2.75, 3.05) is 31.1 Å². The number of nitrogens with zero attached hydrogens (tertiary/aromatic N) is 7. The number of tetrazole rings is 1. The summed E-state index contributed by atoms with van der Waals surface area (Å²) in [6.07, 6.45) is 0. The number of nitrogens with one attached hydrogen (secondary N) is 2. The van der Waals surface area contributed by atoms with E-state index in [0.717, 1.165) is 4.90 Å². The zero-order valence-electron chi connectivity index (χ0n) is 23.4. The number of rotatable bonds is 9. The van der Waals surface area contributed by atoms with Gasteiger partial charge in [0, 0.05) is 38.2 Å². The van der Waals surface area contributed by atoms with Crippen LogP contribution in [0.25, 0.3) is 0 Å². The molecule has 45 heavy (non-hydrogen) atoms. The number of urea groups is 1. The van der Waals surface area contributed by atoms with Crippen LogP contribution >= 0.6 is 23.5 Å². The summed E-state index contributed by atoms with van der Waals surface area (Å²) in [5, 5.41) is 35.6. The fraction of sp³-hybridized carbons (Fsp3) is 0.400. The van der Waals surface area contributed by atoms with E-state index in [-0.39, 0.29) is 93.0 Å². The van der Waals surface area contributed by atoms with E-state index < -0.39 is 53.1 Å². The van der Waals surface area contributed by atoms with Crippen LogP contribution in [0.4, 0.5) is 4.79 Å². The molecular formula is C25H28KN9O8S2. The number of carboxylic acids is 1. The number of carbonyl (C=O) groups is 6. The molecule has 1 aromatic heterocycles. The first-order valence-electron chi connectivity index (χ1n) is 13.3. The van der Waals surface area contributed by atoms with Gasteiger partial charge in [0.25, 0.3) is 5.91 Å². The van der Waals surface area contributed by atoms with Crippen LogP contribution in [0.5, 0.6) is 5.75 Å². The number of β-lactam (4-membered cyclic amide) rings is 1. The van der Waals surface area contributed by atoms with E-state index in [9.17, 15) is 39.0 Å². The van der Waals surface area contributed by atoms with Crippen LogP contribution in [0.2, 0.25) is 0 Å². The zero-order chi connectivity index (χ0) is 31.7. The number of phenols is 1. The quantitative estimate of drug-likeness (QED) is 0.0996. The molecule has 234 valence electrons. The molecule has 0 aliphatic carbocycles. The van der Waals surface area contributed by atoms with Gasteiger partial charge < -0.3 is 25.7 Å². The molecular weight excluding hydrogens is 658 g/mol. The normalized spacial score (nSPS) is 20.2. The standard InChI is InChI=1S/C25H27N9O8S2.K.H/c1-3-32-8-9-33(21(39)20(32)38)24(42)27-15(12-4-6-14(35)7-5-12)18(36)26-16-19(37)34-17(23(40)41)13(10-43-22(16)34)11-44-25-28-29-30-31(25)2;;/h4-7,15-16,22,35H,3,8-11H2,1-2H3,(H,26,36)(H,27,42)(H,40,41);;/t15?,16-,22-;;/m1../s1. The third kappa shape index (κ3) is 7.05. The molecule has 0 spiro atoms. The van der Waals surface area contributed by atoms with Gasteiger partial charge in [-0.1, -0.05) is 23.9 Å². The number of hydrogen-bond acceptors (Lipinski definition) is 12. The predicted octanol–water partition coefficient (Wildman–Crippen LogP) is -1.76. The maximum absolute atomic E-state index is 13.6. The molecule has 3 aliphatic rings. The Labute approximate surface area is 306 Å². The number of aromatic nitrogens is 4. The number of aryl methyl sites for hydroxylation is 1. The minimum atomic E-state index is -1.42. The fourth-order valence-electron chi connectivity index (χ4n) is 4.86. The van der Waals surface area contributed by atoms with Crippen molar-refractivity contribution < 1.29 is 39.0 Å². The second-order valence-corrected chi connectivity index (χ2v) is 11.9. The van der Waals surface area contributed by atoms with Gasteiger partial charge in [0.05, 0.1) is 0 Å². The van der Waals surface area contributed by atoms with Crippen molar-refractivity contribution in [3.63, 3.8) is 0 Å². The Balaban J connectivity index is 0.00000461. The summed E-state index contributed by atoms with van der Waals surface area (Å²) in [6.45, 7) is 2.04.